The molecule has 0 saturated carbocycles. The molecule has 0 aliphatic rings. The third-order valence-corrected chi connectivity index (χ3v) is 5.30. The molecule has 4 aromatic carbocycles. The van der Waals surface area contributed by atoms with Gasteiger partial charge in [0, 0.05) is 35.3 Å². The Morgan fingerprint density at radius 1 is 0.515 bits per heavy atom. The van der Waals surface area contributed by atoms with Gasteiger partial charge in [0.25, 0.3) is 0 Å². The molecule has 0 radical (unpaired) electrons. The Kier molecular flexibility index (Phi) is 6.51. The maximum atomic E-state index is 12.4. The van der Waals surface area contributed by atoms with Crippen LogP contribution in [-0.2, 0) is 12.8 Å². The van der Waals surface area contributed by atoms with Gasteiger partial charge in [-0.05, 0) is 83.9 Å². The van der Waals surface area contributed by atoms with E-state index < -0.39 is 0 Å². The standard InChI is InChI=1S/C28H23NO4/c30-25-13-5-21(6-14-25)27(32)17-19-1-9-23(10-2-19)29-24-11-3-20(4-12-24)18-28(33)22-7-15-26(31)16-8-22/h1-16,29-31H,17-18H2. The molecule has 0 aliphatic heterocycles. The first-order chi connectivity index (χ1) is 16.0. The van der Waals surface area contributed by atoms with Crippen molar-refractivity contribution in [1.29, 1.82) is 0 Å². The van der Waals surface area contributed by atoms with Crippen molar-refractivity contribution in [2.24, 2.45) is 0 Å². The molecule has 3 N–H and O–H groups in total. The van der Waals surface area contributed by atoms with Crippen molar-refractivity contribution in [2.75, 3.05) is 5.32 Å². The predicted octanol–water partition coefficient (Wildman–Crippen LogP) is 5.69. The lowest BCUT2D eigenvalue weighted by atomic mass is 10.0. The zero-order valence-corrected chi connectivity index (χ0v) is 17.9. The zero-order chi connectivity index (χ0) is 23.2. The summed E-state index contributed by atoms with van der Waals surface area (Å²) < 4.78 is 0. The van der Waals surface area contributed by atoms with Crippen LogP contribution in [0, 0.1) is 0 Å². The highest BCUT2D eigenvalue weighted by atomic mass is 16.3. The Bertz CT molecular complexity index is 1140. The van der Waals surface area contributed by atoms with Crippen LogP contribution in [-0.4, -0.2) is 21.8 Å². The summed E-state index contributed by atoms with van der Waals surface area (Å²) in [6, 6.07) is 27.8. The van der Waals surface area contributed by atoms with E-state index in [0.29, 0.717) is 11.1 Å². The fourth-order valence-electron chi connectivity index (χ4n) is 3.45. The first-order valence-corrected chi connectivity index (χ1v) is 10.6. The van der Waals surface area contributed by atoms with Crippen molar-refractivity contribution in [3.8, 4) is 11.5 Å². The van der Waals surface area contributed by atoms with Gasteiger partial charge in [0.2, 0.25) is 0 Å². The molecule has 0 amide bonds. The minimum Gasteiger partial charge on any atom is -0.508 e. The van der Waals surface area contributed by atoms with Crippen LogP contribution in [0.4, 0.5) is 11.4 Å². The fourth-order valence-corrected chi connectivity index (χ4v) is 3.45. The zero-order valence-electron chi connectivity index (χ0n) is 17.9. The Morgan fingerprint density at radius 3 is 1.18 bits per heavy atom. The van der Waals surface area contributed by atoms with Crippen LogP contribution < -0.4 is 5.32 Å². The van der Waals surface area contributed by atoms with E-state index in [1.165, 1.54) is 24.3 Å². The monoisotopic (exact) mass is 437 g/mol. The summed E-state index contributed by atoms with van der Waals surface area (Å²) in [6.07, 6.45) is 0.573. The van der Waals surface area contributed by atoms with Crippen LogP contribution in [0.1, 0.15) is 31.8 Å². The highest BCUT2D eigenvalue weighted by Gasteiger charge is 2.09. The minimum atomic E-state index is -0.00634. The van der Waals surface area contributed by atoms with Crippen LogP contribution in [0.15, 0.2) is 97.1 Å². The lowest BCUT2D eigenvalue weighted by Gasteiger charge is -2.09. The summed E-state index contributed by atoms with van der Waals surface area (Å²) in [7, 11) is 0. The van der Waals surface area contributed by atoms with Gasteiger partial charge in [-0.3, -0.25) is 9.59 Å². The minimum absolute atomic E-state index is 0.00634. The first-order valence-electron chi connectivity index (χ1n) is 10.6. The number of carbonyl (C=O) groups is 2. The topological polar surface area (TPSA) is 86.6 Å². The van der Waals surface area contributed by atoms with E-state index in [4.69, 9.17) is 0 Å². The molecule has 0 unspecified atom stereocenters. The molecule has 0 atom stereocenters. The Hall–Kier alpha value is -4.38. The average molecular weight is 437 g/mol. The normalized spacial score (nSPS) is 10.5. The lowest BCUT2D eigenvalue weighted by Crippen LogP contribution is -2.03. The molecule has 4 rings (SSSR count). The molecule has 0 bridgehead atoms. The number of carbonyl (C=O) groups excluding carboxylic acids is 2. The van der Waals surface area contributed by atoms with Gasteiger partial charge in [-0.25, -0.2) is 0 Å². The van der Waals surface area contributed by atoms with Gasteiger partial charge in [-0.15, -0.1) is 0 Å². The van der Waals surface area contributed by atoms with Crippen LogP contribution in [0.2, 0.25) is 0 Å². The van der Waals surface area contributed by atoms with Crippen molar-refractivity contribution in [3.63, 3.8) is 0 Å². The summed E-state index contributed by atoms with van der Waals surface area (Å²) >= 11 is 0. The maximum Gasteiger partial charge on any atom is 0.167 e. The number of Topliss-reactive ketones (excluding diaryl/α,β-unsaturated/α-hetero) is 2. The van der Waals surface area contributed by atoms with Crippen molar-refractivity contribution < 1.29 is 19.8 Å². The van der Waals surface area contributed by atoms with E-state index in [9.17, 15) is 19.8 Å². The SMILES string of the molecule is O=C(Cc1ccc(Nc2ccc(CC(=O)c3ccc(O)cc3)cc2)cc1)c1ccc(O)cc1. The number of aromatic hydroxyl groups is 2. The smallest absolute Gasteiger partial charge is 0.167 e. The molecule has 0 fully saturated rings. The second-order valence-electron chi connectivity index (χ2n) is 7.81. The molecular formula is C28H23NO4. The molecule has 0 heterocycles. The third-order valence-electron chi connectivity index (χ3n) is 5.30. The molecule has 0 aromatic heterocycles. The molecule has 33 heavy (non-hydrogen) atoms. The molecule has 164 valence electrons. The van der Waals surface area contributed by atoms with E-state index in [2.05, 4.69) is 5.32 Å². The van der Waals surface area contributed by atoms with Crippen LogP contribution in [0.5, 0.6) is 11.5 Å². The number of anilines is 2. The number of hydrogen-bond acceptors (Lipinski definition) is 5. The lowest BCUT2D eigenvalue weighted by molar-refractivity contribution is 0.0984. The molecule has 0 saturated heterocycles. The van der Waals surface area contributed by atoms with Gasteiger partial charge in [-0.1, -0.05) is 24.3 Å². The van der Waals surface area contributed by atoms with Crippen LogP contribution in [0.3, 0.4) is 0 Å². The van der Waals surface area contributed by atoms with E-state index in [1.54, 1.807) is 24.3 Å². The number of hydrogen-bond donors (Lipinski definition) is 3. The predicted molar refractivity (Wildman–Crippen MR) is 128 cm³/mol. The summed E-state index contributed by atoms with van der Waals surface area (Å²) in [4.78, 5) is 24.8. The highest BCUT2D eigenvalue weighted by Crippen LogP contribution is 2.20. The largest absolute Gasteiger partial charge is 0.508 e. The maximum absolute atomic E-state index is 12.4. The van der Waals surface area contributed by atoms with Gasteiger partial charge in [-0.2, -0.15) is 0 Å². The average Bonchev–Trinajstić information content (AvgIpc) is 2.82. The van der Waals surface area contributed by atoms with Gasteiger partial charge < -0.3 is 15.5 Å². The number of nitrogens with one attached hydrogen (secondary N) is 1. The molecule has 0 aliphatic carbocycles. The number of phenolic OH excluding ortho intramolecular Hbond substituents is 2. The number of rotatable bonds is 8. The Labute approximate surface area is 192 Å². The van der Waals surface area contributed by atoms with E-state index in [-0.39, 0.29) is 35.9 Å². The van der Waals surface area contributed by atoms with Crippen LogP contribution in [0.25, 0.3) is 0 Å². The molecule has 5 heteroatoms. The van der Waals surface area contributed by atoms with Gasteiger partial charge in [0.1, 0.15) is 11.5 Å². The number of benzene rings is 4. The Morgan fingerprint density at radius 2 is 0.848 bits per heavy atom. The summed E-state index contributed by atoms with van der Waals surface area (Å²) in [5, 5.41) is 22.0. The summed E-state index contributed by atoms with van der Waals surface area (Å²) in [5.41, 5.74) is 4.73. The van der Waals surface area contributed by atoms with Gasteiger partial charge >= 0.3 is 0 Å². The van der Waals surface area contributed by atoms with Crippen molar-refractivity contribution in [2.45, 2.75) is 12.8 Å². The van der Waals surface area contributed by atoms with Crippen LogP contribution >= 0.6 is 0 Å². The molecule has 4 aromatic rings. The van der Waals surface area contributed by atoms with Crippen molar-refractivity contribution in [3.05, 3.63) is 119 Å². The second-order valence-corrected chi connectivity index (χ2v) is 7.81. The van der Waals surface area contributed by atoms with Crippen molar-refractivity contribution >= 4 is 22.9 Å². The van der Waals surface area contributed by atoms with Gasteiger partial charge in [0.15, 0.2) is 11.6 Å². The Balaban J connectivity index is 1.33. The van der Waals surface area contributed by atoms with E-state index in [1.807, 2.05) is 48.5 Å². The first kappa shape index (κ1) is 21.8. The van der Waals surface area contributed by atoms with Crippen molar-refractivity contribution in [1.82, 2.24) is 0 Å². The number of ketones is 2. The van der Waals surface area contributed by atoms with E-state index >= 15 is 0 Å². The fraction of sp³-hybridized carbons (Fsp3) is 0.0714. The number of phenols is 2. The van der Waals surface area contributed by atoms with Gasteiger partial charge in [0.05, 0.1) is 0 Å². The molecule has 5 nitrogen and oxygen atoms in total. The van der Waals surface area contributed by atoms with E-state index in [0.717, 1.165) is 22.5 Å². The summed E-state index contributed by atoms with van der Waals surface area (Å²) in [6.45, 7) is 0. The third kappa shape index (κ3) is 5.86. The highest BCUT2D eigenvalue weighted by molar-refractivity contribution is 5.98. The molecular weight excluding hydrogens is 414 g/mol. The summed E-state index contributed by atoms with van der Waals surface area (Å²) in [5.74, 6) is 0.263. The second kappa shape index (κ2) is 9.83. The quantitative estimate of drug-likeness (QED) is 0.308. The molecule has 0 spiro atoms.